The molecule has 2 aromatic rings. The SMILES string of the molecule is CC(C)[C@@H](NC(=O)OCc1ccccc1)C(=O)OCC(=O)NCCc1ccc(S(N)(=O)=O)cc1. The Morgan fingerprint density at radius 1 is 0.941 bits per heavy atom. The molecule has 2 amide bonds. The summed E-state index contributed by atoms with van der Waals surface area (Å²) in [5.41, 5.74) is 1.60. The van der Waals surface area contributed by atoms with E-state index in [1.807, 2.05) is 18.2 Å². The van der Waals surface area contributed by atoms with Crippen molar-refractivity contribution in [2.24, 2.45) is 11.1 Å². The molecule has 2 aromatic carbocycles. The fourth-order valence-corrected chi connectivity index (χ4v) is 3.37. The summed E-state index contributed by atoms with van der Waals surface area (Å²) in [5, 5.41) is 10.1. The molecule has 2 rings (SSSR count). The number of sulfonamides is 1. The summed E-state index contributed by atoms with van der Waals surface area (Å²) in [6.45, 7) is 3.25. The van der Waals surface area contributed by atoms with E-state index in [1.165, 1.54) is 12.1 Å². The number of esters is 1. The minimum atomic E-state index is -3.76. The number of hydrogen-bond acceptors (Lipinski definition) is 7. The average Bonchev–Trinajstić information content (AvgIpc) is 2.80. The van der Waals surface area contributed by atoms with Gasteiger partial charge in [0.1, 0.15) is 12.6 Å². The molecule has 0 radical (unpaired) electrons. The zero-order valence-electron chi connectivity index (χ0n) is 19.0. The van der Waals surface area contributed by atoms with E-state index < -0.39 is 40.6 Å². The van der Waals surface area contributed by atoms with Crippen LogP contribution in [-0.4, -0.2) is 45.6 Å². The van der Waals surface area contributed by atoms with Gasteiger partial charge in [-0.15, -0.1) is 0 Å². The van der Waals surface area contributed by atoms with Gasteiger partial charge in [-0.2, -0.15) is 0 Å². The molecule has 10 nitrogen and oxygen atoms in total. The first-order valence-electron chi connectivity index (χ1n) is 10.6. The van der Waals surface area contributed by atoms with Gasteiger partial charge in [-0.1, -0.05) is 56.3 Å². The van der Waals surface area contributed by atoms with Crippen LogP contribution in [0.2, 0.25) is 0 Å². The Morgan fingerprint density at radius 2 is 1.59 bits per heavy atom. The summed E-state index contributed by atoms with van der Waals surface area (Å²) in [6, 6.07) is 14.1. The second-order valence-corrected chi connectivity index (χ2v) is 9.39. The van der Waals surface area contributed by atoms with Gasteiger partial charge >= 0.3 is 12.1 Å². The minimum Gasteiger partial charge on any atom is -0.454 e. The lowest BCUT2D eigenvalue weighted by atomic mass is 10.1. The molecule has 0 aromatic heterocycles. The van der Waals surface area contributed by atoms with Gasteiger partial charge in [0.25, 0.3) is 5.91 Å². The molecular weight excluding hydrogens is 462 g/mol. The lowest BCUT2D eigenvalue weighted by molar-refractivity contribution is -0.151. The second kappa shape index (κ2) is 12.7. The number of primary sulfonamides is 1. The molecule has 4 N–H and O–H groups in total. The molecule has 0 spiro atoms. The van der Waals surface area contributed by atoms with Crippen molar-refractivity contribution in [1.29, 1.82) is 0 Å². The Labute approximate surface area is 198 Å². The molecule has 0 aliphatic heterocycles. The van der Waals surface area contributed by atoms with Crippen LogP contribution in [0.15, 0.2) is 59.5 Å². The largest absolute Gasteiger partial charge is 0.454 e. The number of nitrogens with one attached hydrogen (secondary N) is 2. The third-order valence-corrected chi connectivity index (χ3v) is 5.67. The van der Waals surface area contributed by atoms with Crippen LogP contribution >= 0.6 is 0 Å². The Hall–Kier alpha value is -3.44. The highest BCUT2D eigenvalue weighted by Crippen LogP contribution is 2.09. The van der Waals surface area contributed by atoms with Crippen LogP contribution in [0, 0.1) is 5.92 Å². The number of benzene rings is 2. The number of carbonyl (C=O) groups is 3. The molecule has 0 unspecified atom stereocenters. The monoisotopic (exact) mass is 491 g/mol. The van der Waals surface area contributed by atoms with Crippen molar-refractivity contribution in [1.82, 2.24) is 10.6 Å². The first kappa shape index (κ1) is 26.8. The van der Waals surface area contributed by atoms with E-state index in [1.54, 1.807) is 38.1 Å². The van der Waals surface area contributed by atoms with Crippen LogP contribution in [0.1, 0.15) is 25.0 Å². The maximum Gasteiger partial charge on any atom is 0.408 e. The maximum atomic E-state index is 12.4. The summed E-state index contributed by atoms with van der Waals surface area (Å²) in [7, 11) is -3.76. The van der Waals surface area contributed by atoms with Gasteiger partial charge in [0.15, 0.2) is 6.61 Å². The Bertz CT molecular complexity index is 1070. The standard InChI is InChI=1S/C23H29N3O7S/c1-16(2)21(26-23(29)33-14-18-6-4-3-5-7-18)22(28)32-15-20(27)25-13-12-17-8-10-19(11-9-17)34(24,30)31/h3-11,16,21H,12-15H2,1-2H3,(H,25,27)(H,26,29)(H2,24,30,31)/t21-/m1/s1. The summed E-state index contributed by atoms with van der Waals surface area (Å²) < 4.78 is 32.7. The van der Waals surface area contributed by atoms with Crippen molar-refractivity contribution in [2.45, 2.75) is 37.8 Å². The maximum absolute atomic E-state index is 12.4. The van der Waals surface area contributed by atoms with E-state index in [-0.39, 0.29) is 24.0 Å². The van der Waals surface area contributed by atoms with Crippen molar-refractivity contribution in [2.75, 3.05) is 13.2 Å². The molecule has 34 heavy (non-hydrogen) atoms. The summed E-state index contributed by atoms with van der Waals surface area (Å²) in [6.07, 6.45) is -0.328. The predicted octanol–water partition coefficient (Wildman–Crippen LogP) is 1.49. The van der Waals surface area contributed by atoms with Crippen LogP contribution < -0.4 is 15.8 Å². The average molecular weight is 492 g/mol. The van der Waals surface area contributed by atoms with E-state index in [0.29, 0.717) is 6.42 Å². The van der Waals surface area contributed by atoms with E-state index in [9.17, 15) is 22.8 Å². The summed E-state index contributed by atoms with van der Waals surface area (Å²) in [5.74, 6) is -1.55. The van der Waals surface area contributed by atoms with Crippen molar-refractivity contribution in [3.8, 4) is 0 Å². The third-order valence-electron chi connectivity index (χ3n) is 4.74. The fraction of sp³-hybridized carbons (Fsp3) is 0.348. The van der Waals surface area contributed by atoms with Crippen molar-refractivity contribution < 1.29 is 32.3 Å². The molecule has 11 heteroatoms. The Balaban J connectivity index is 1.73. The Morgan fingerprint density at radius 3 is 2.18 bits per heavy atom. The number of ether oxygens (including phenoxy) is 2. The van der Waals surface area contributed by atoms with E-state index in [2.05, 4.69) is 10.6 Å². The highest BCUT2D eigenvalue weighted by Gasteiger charge is 2.27. The first-order chi connectivity index (χ1) is 16.1. The van der Waals surface area contributed by atoms with Crippen LogP contribution in [0.3, 0.4) is 0 Å². The molecule has 0 bridgehead atoms. The van der Waals surface area contributed by atoms with Gasteiger partial charge in [0.2, 0.25) is 10.0 Å². The second-order valence-electron chi connectivity index (χ2n) is 7.82. The van der Waals surface area contributed by atoms with Crippen molar-refractivity contribution in [3.63, 3.8) is 0 Å². The van der Waals surface area contributed by atoms with Crippen molar-refractivity contribution in [3.05, 3.63) is 65.7 Å². The summed E-state index contributed by atoms with van der Waals surface area (Å²) >= 11 is 0. The van der Waals surface area contributed by atoms with Gasteiger partial charge in [-0.25, -0.2) is 23.1 Å². The van der Waals surface area contributed by atoms with Gasteiger partial charge in [-0.05, 0) is 35.6 Å². The zero-order valence-corrected chi connectivity index (χ0v) is 19.8. The van der Waals surface area contributed by atoms with Crippen molar-refractivity contribution >= 4 is 28.0 Å². The number of nitrogens with two attached hydrogens (primary N) is 1. The lowest BCUT2D eigenvalue weighted by Gasteiger charge is -2.20. The molecular formula is C23H29N3O7S. The van der Waals surface area contributed by atoms with Crippen LogP contribution in [0.4, 0.5) is 4.79 Å². The molecule has 0 saturated heterocycles. The number of alkyl carbamates (subject to hydrolysis) is 1. The first-order valence-corrected chi connectivity index (χ1v) is 12.1. The number of hydrogen-bond donors (Lipinski definition) is 3. The van der Waals surface area contributed by atoms with Crippen LogP contribution in [0.5, 0.6) is 0 Å². The quantitative estimate of drug-likeness (QED) is 0.402. The predicted molar refractivity (Wildman–Crippen MR) is 124 cm³/mol. The lowest BCUT2D eigenvalue weighted by Crippen LogP contribution is -2.46. The summed E-state index contributed by atoms with van der Waals surface area (Å²) in [4.78, 5) is 36.4. The zero-order chi connectivity index (χ0) is 25.1. The normalized spacial score (nSPS) is 12.0. The molecule has 184 valence electrons. The molecule has 1 atom stereocenters. The Kier molecular flexibility index (Phi) is 10.0. The molecule has 0 saturated carbocycles. The van der Waals surface area contributed by atoms with Gasteiger partial charge < -0.3 is 20.1 Å². The van der Waals surface area contributed by atoms with E-state index >= 15 is 0 Å². The van der Waals surface area contributed by atoms with E-state index in [0.717, 1.165) is 11.1 Å². The number of rotatable bonds is 11. The molecule has 0 aliphatic rings. The van der Waals surface area contributed by atoms with E-state index in [4.69, 9.17) is 14.6 Å². The van der Waals surface area contributed by atoms with Crippen LogP contribution in [0.25, 0.3) is 0 Å². The highest BCUT2D eigenvalue weighted by atomic mass is 32.2. The number of amides is 2. The van der Waals surface area contributed by atoms with Crippen LogP contribution in [-0.2, 0) is 42.1 Å². The smallest absolute Gasteiger partial charge is 0.408 e. The topological polar surface area (TPSA) is 154 Å². The fourth-order valence-electron chi connectivity index (χ4n) is 2.86. The number of carbonyl (C=O) groups excluding carboxylic acids is 3. The minimum absolute atomic E-state index is 0.00413. The molecule has 0 heterocycles. The highest BCUT2D eigenvalue weighted by molar-refractivity contribution is 7.89. The third kappa shape index (κ3) is 9.20. The molecule has 0 aliphatic carbocycles. The van der Waals surface area contributed by atoms with Gasteiger partial charge in [0, 0.05) is 6.54 Å². The van der Waals surface area contributed by atoms with Gasteiger partial charge in [0.05, 0.1) is 4.90 Å². The molecule has 0 fully saturated rings. The van der Waals surface area contributed by atoms with Gasteiger partial charge in [-0.3, -0.25) is 4.79 Å².